The molecular formula is C15H15BrClFN2O. The van der Waals surface area contributed by atoms with Gasteiger partial charge in [0.15, 0.2) is 0 Å². The van der Waals surface area contributed by atoms with Gasteiger partial charge in [0.2, 0.25) is 0 Å². The first-order valence-corrected chi connectivity index (χ1v) is 7.45. The van der Waals surface area contributed by atoms with Crippen LogP contribution < -0.4 is 16.0 Å². The van der Waals surface area contributed by atoms with Gasteiger partial charge >= 0.3 is 0 Å². The highest BCUT2D eigenvalue weighted by atomic mass is 79.9. The van der Waals surface area contributed by atoms with Crippen molar-refractivity contribution >= 4 is 27.5 Å². The van der Waals surface area contributed by atoms with Crippen molar-refractivity contribution in [1.29, 1.82) is 0 Å². The van der Waals surface area contributed by atoms with Crippen molar-refractivity contribution in [1.82, 2.24) is 5.43 Å². The molecule has 0 saturated carbocycles. The highest BCUT2D eigenvalue weighted by molar-refractivity contribution is 9.10. The van der Waals surface area contributed by atoms with Crippen LogP contribution in [0.5, 0.6) is 5.75 Å². The van der Waals surface area contributed by atoms with Crippen LogP contribution in [-0.2, 0) is 6.42 Å². The molecule has 2 aromatic carbocycles. The predicted molar refractivity (Wildman–Crippen MR) is 85.9 cm³/mol. The minimum absolute atomic E-state index is 0.0922. The molecule has 0 aliphatic heterocycles. The van der Waals surface area contributed by atoms with Gasteiger partial charge in [0.05, 0.1) is 18.2 Å². The van der Waals surface area contributed by atoms with Gasteiger partial charge in [0.1, 0.15) is 11.6 Å². The Balaban J connectivity index is 2.30. The summed E-state index contributed by atoms with van der Waals surface area (Å²) in [6.07, 6.45) is 0.556. The summed E-state index contributed by atoms with van der Waals surface area (Å²) in [5.41, 5.74) is 4.39. The number of methoxy groups -OCH3 is 1. The van der Waals surface area contributed by atoms with E-state index >= 15 is 0 Å². The average molecular weight is 374 g/mol. The van der Waals surface area contributed by atoms with Crippen LogP contribution in [-0.4, -0.2) is 7.11 Å². The van der Waals surface area contributed by atoms with Crippen LogP contribution >= 0.6 is 27.5 Å². The molecule has 112 valence electrons. The number of hydrazine groups is 1. The number of hydrogen-bond donors (Lipinski definition) is 2. The second-order valence-corrected chi connectivity index (χ2v) is 5.88. The number of benzene rings is 2. The van der Waals surface area contributed by atoms with Crippen molar-refractivity contribution in [3.8, 4) is 5.75 Å². The first kappa shape index (κ1) is 16.2. The summed E-state index contributed by atoms with van der Waals surface area (Å²) in [5.74, 6) is 5.91. The largest absolute Gasteiger partial charge is 0.496 e. The minimum atomic E-state index is -0.462. The van der Waals surface area contributed by atoms with Gasteiger partial charge in [-0.3, -0.25) is 11.3 Å². The summed E-state index contributed by atoms with van der Waals surface area (Å²) < 4.78 is 19.9. The topological polar surface area (TPSA) is 47.3 Å². The van der Waals surface area contributed by atoms with Crippen molar-refractivity contribution < 1.29 is 9.13 Å². The van der Waals surface area contributed by atoms with E-state index in [0.717, 1.165) is 21.3 Å². The normalized spacial score (nSPS) is 12.2. The molecule has 0 heterocycles. The molecule has 0 fully saturated rings. The highest BCUT2D eigenvalue weighted by Crippen LogP contribution is 2.28. The Morgan fingerprint density at radius 1 is 1.33 bits per heavy atom. The molecule has 6 heteroatoms. The molecule has 0 bridgehead atoms. The Labute approximate surface area is 136 Å². The molecule has 0 aromatic heterocycles. The summed E-state index contributed by atoms with van der Waals surface area (Å²) in [6.45, 7) is 0. The molecule has 3 nitrogen and oxygen atoms in total. The van der Waals surface area contributed by atoms with Crippen LogP contribution in [0.15, 0.2) is 40.9 Å². The molecule has 0 aliphatic carbocycles. The zero-order chi connectivity index (χ0) is 15.4. The van der Waals surface area contributed by atoms with Crippen molar-refractivity contribution in [2.24, 2.45) is 5.84 Å². The van der Waals surface area contributed by atoms with Gasteiger partial charge in [0.25, 0.3) is 0 Å². The first-order valence-electron chi connectivity index (χ1n) is 6.28. The van der Waals surface area contributed by atoms with Gasteiger partial charge in [-0.25, -0.2) is 4.39 Å². The number of nitrogens with one attached hydrogen (secondary N) is 1. The Morgan fingerprint density at radius 3 is 2.71 bits per heavy atom. The van der Waals surface area contributed by atoms with Crippen molar-refractivity contribution in [3.63, 3.8) is 0 Å². The maximum absolute atomic E-state index is 13.6. The van der Waals surface area contributed by atoms with E-state index in [1.54, 1.807) is 13.2 Å². The van der Waals surface area contributed by atoms with Crippen LogP contribution in [0, 0.1) is 5.82 Å². The summed E-state index contributed by atoms with van der Waals surface area (Å²) in [6, 6.07) is 10.1. The molecule has 2 aromatic rings. The standard InChI is InChI=1S/C15H15BrClFN2O/c1-21-15-5-3-11(16)6-10(15)8-14(20-19)9-2-4-12(17)13(18)7-9/h2-7,14,20H,8,19H2,1H3. The van der Waals surface area contributed by atoms with Gasteiger partial charge in [-0.2, -0.15) is 0 Å². The van der Waals surface area contributed by atoms with Crippen molar-refractivity contribution in [3.05, 3.63) is 62.8 Å². The zero-order valence-electron chi connectivity index (χ0n) is 11.4. The number of halogens is 3. The van der Waals surface area contributed by atoms with Gasteiger partial charge in [-0.1, -0.05) is 33.6 Å². The lowest BCUT2D eigenvalue weighted by Gasteiger charge is -2.18. The second-order valence-electron chi connectivity index (χ2n) is 4.55. The van der Waals surface area contributed by atoms with E-state index in [0.29, 0.717) is 6.42 Å². The van der Waals surface area contributed by atoms with Gasteiger partial charge < -0.3 is 4.74 Å². The lowest BCUT2D eigenvalue weighted by atomic mass is 9.98. The third kappa shape index (κ3) is 3.95. The summed E-state index contributed by atoms with van der Waals surface area (Å²) in [5, 5.41) is 0.0922. The predicted octanol–water partition coefficient (Wildman–Crippen LogP) is 4.00. The lowest BCUT2D eigenvalue weighted by Crippen LogP contribution is -2.29. The molecular weight excluding hydrogens is 359 g/mol. The van der Waals surface area contributed by atoms with Gasteiger partial charge in [-0.15, -0.1) is 0 Å². The van der Waals surface area contributed by atoms with E-state index in [2.05, 4.69) is 21.4 Å². The average Bonchev–Trinajstić information content (AvgIpc) is 2.48. The molecule has 0 radical (unpaired) electrons. The Morgan fingerprint density at radius 2 is 2.10 bits per heavy atom. The van der Waals surface area contributed by atoms with E-state index < -0.39 is 5.82 Å². The van der Waals surface area contributed by atoms with Gasteiger partial charge in [0, 0.05) is 4.47 Å². The quantitative estimate of drug-likeness (QED) is 0.615. The van der Waals surface area contributed by atoms with E-state index in [1.807, 2.05) is 18.2 Å². The number of hydrogen-bond acceptors (Lipinski definition) is 3. The monoisotopic (exact) mass is 372 g/mol. The minimum Gasteiger partial charge on any atom is -0.496 e. The van der Waals surface area contributed by atoms with Crippen LogP contribution in [0.2, 0.25) is 5.02 Å². The molecule has 2 rings (SSSR count). The van der Waals surface area contributed by atoms with Crippen LogP contribution in [0.1, 0.15) is 17.2 Å². The molecule has 0 aliphatic rings. The second kappa shape index (κ2) is 7.22. The zero-order valence-corrected chi connectivity index (χ0v) is 13.7. The fourth-order valence-electron chi connectivity index (χ4n) is 2.13. The molecule has 3 N–H and O–H groups in total. The number of ether oxygens (including phenoxy) is 1. The van der Waals surface area contributed by atoms with Crippen LogP contribution in [0.4, 0.5) is 4.39 Å². The SMILES string of the molecule is COc1ccc(Br)cc1CC(NN)c1ccc(Cl)c(F)c1. The highest BCUT2D eigenvalue weighted by Gasteiger charge is 2.15. The van der Waals surface area contributed by atoms with E-state index in [1.165, 1.54) is 12.1 Å². The first-order chi connectivity index (χ1) is 10.0. The van der Waals surface area contributed by atoms with Crippen molar-refractivity contribution in [2.75, 3.05) is 7.11 Å². The van der Waals surface area contributed by atoms with Crippen LogP contribution in [0.25, 0.3) is 0 Å². The molecule has 1 unspecified atom stereocenters. The summed E-state index contributed by atoms with van der Waals surface area (Å²) in [7, 11) is 1.61. The third-order valence-corrected chi connectivity index (χ3v) is 4.01. The van der Waals surface area contributed by atoms with E-state index in [-0.39, 0.29) is 11.1 Å². The molecule has 21 heavy (non-hydrogen) atoms. The molecule has 0 saturated heterocycles. The van der Waals surface area contributed by atoms with Crippen LogP contribution in [0.3, 0.4) is 0 Å². The Hall–Kier alpha value is -1.14. The number of nitrogens with two attached hydrogens (primary N) is 1. The maximum Gasteiger partial charge on any atom is 0.142 e. The Bertz CT molecular complexity index is 639. The molecule has 0 amide bonds. The van der Waals surface area contributed by atoms with E-state index in [9.17, 15) is 4.39 Å². The maximum atomic E-state index is 13.6. The fraction of sp³-hybridized carbons (Fsp3) is 0.200. The van der Waals surface area contributed by atoms with Gasteiger partial charge in [-0.05, 0) is 47.9 Å². The Kier molecular flexibility index (Phi) is 5.58. The third-order valence-electron chi connectivity index (χ3n) is 3.21. The summed E-state index contributed by atoms with van der Waals surface area (Å²) in [4.78, 5) is 0. The summed E-state index contributed by atoms with van der Waals surface area (Å²) >= 11 is 9.13. The lowest BCUT2D eigenvalue weighted by molar-refractivity contribution is 0.405. The number of rotatable bonds is 5. The fourth-order valence-corrected chi connectivity index (χ4v) is 2.65. The van der Waals surface area contributed by atoms with E-state index in [4.69, 9.17) is 22.2 Å². The molecule has 0 spiro atoms. The van der Waals surface area contributed by atoms with Crippen molar-refractivity contribution in [2.45, 2.75) is 12.5 Å². The smallest absolute Gasteiger partial charge is 0.142 e. The molecule has 1 atom stereocenters.